The molecule has 8 nitrogen and oxygen atoms in total. The minimum atomic E-state index is -0.766. The number of para-hydroxylation sites is 1. The van der Waals surface area contributed by atoms with E-state index in [0.29, 0.717) is 5.69 Å². The van der Waals surface area contributed by atoms with Crippen molar-refractivity contribution >= 4 is 29.3 Å². The number of amides is 1. The standard InChI is InChI=1S/C15H15N3O5S/c1-24-11-5-3-2-4-10(11)16-13(20)9-23-14(21)8-18-7-6-12(19)17-15(18)22/h2-7H,8-9H2,1H3,(H,16,20)(H,17,19,22). The smallest absolute Gasteiger partial charge is 0.328 e. The molecule has 0 fully saturated rings. The van der Waals surface area contributed by atoms with Crippen molar-refractivity contribution in [3.05, 3.63) is 57.4 Å². The maximum atomic E-state index is 11.8. The lowest BCUT2D eigenvalue weighted by Gasteiger charge is -2.10. The Morgan fingerprint density at radius 2 is 2.00 bits per heavy atom. The minimum absolute atomic E-state index is 0.399. The molecule has 0 saturated heterocycles. The number of thioether (sulfide) groups is 1. The molecule has 2 N–H and O–H groups in total. The number of rotatable bonds is 6. The van der Waals surface area contributed by atoms with E-state index in [1.54, 1.807) is 12.1 Å². The van der Waals surface area contributed by atoms with Crippen LogP contribution in [0.15, 0.2) is 51.0 Å². The highest BCUT2D eigenvalue weighted by atomic mass is 32.2. The number of anilines is 1. The van der Waals surface area contributed by atoms with E-state index in [1.165, 1.54) is 18.0 Å². The van der Waals surface area contributed by atoms with Gasteiger partial charge in [-0.1, -0.05) is 12.1 Å². The van der Waals surface area contributed by atoms with E-state index >= 15 is 0 Å². The Labute approximate surface area is 140 Å². The van der Waals surface area contributed by atoms with Crippen LogP contribution in [0.1, 0.15) is 0 Å². The number of hydrogen-bond donors (Lipinski definition) is 2. The van der Waals surface area contributed by atoms with E-state index in [4.69, 9.17) is 4.74 Å². The molecule has 1 aromatic carbocycles. The zero-order valence-corrected chi connectivity index (χ0v) is 13.6. The monoisotopic (exact) mass is 349 g/mol. The molecule has 0 aliphatic rings. The molecular weight excluding hydrogens is 334 g/mol. The summed E-state index contributed by atoms with van der Waals surface area (Å²) in [6, 6.07) is 8.34. The summed E-state index contributed by atoms with van der Waals surface area (Å²) in [6.07, 6.45) is 3.06. The molecule has 0 aliphatic heterocycles. The van der Waals surface area contributed by atoms with Crippen LogP contribution in [0.25, 0.3) is 0 Å². The van der Waals surface area contributed by atoms with Gasteiger partial charge in [-0.2, -0.15) is 0 Å². The van der Waals surface area contributed by atoms with Crippen LogP contribution in [-0.2, 0) is 20.9 Å². The molecule has 2 rings (SSSR count). The van der Waals surface area contributed by atoms with Crippen LogP contribution in [0.2, 0.25) is 0 Å². The van der Waals surface area contributed by atoms with Crippen molar-refractivity contribution in [2.24, 2.45) is 0 Å². The van der Waals surface area contributed by atoms with E-state index < -0.39 is 36.3 Å². The molecule has 0 atom stereocenters. The van der Waals surface area contributed by atoms with Gasteiger partial charge in [-0.25, -0.2) is 4.79 Å². The average Bonchev–Trinajstić information content (AvgIpc) is 2.56. The first-order chi connectivity index (χ1) is 11.5. The molecule has 1 aromatic heterocycles. The molecule has 2 aromatic rings. The number of benzene rings is 1. The summed E-state index contributed by atoms with van der Waals surface area (Å²) in [7, 11) is 0. The Balaban J connectivity index is 1.88. The van der Waals surface area contributed by atoms with Gasteiger partial charge in [-0.05, 0) is 18.4 Å². The quantitative estimate of drug-likeness (QED) is 0.578. The van der Waals surface area contributed by atoms with Gasteiger partial charge in [-0.3, -0.25) is 23.9 Å². The highest BCUT2D eigenvalue weighted by molar-refractivity contribution is 7.98. The SMILES string of the molecule is CSc1ccccc1NC(=O)COC(=O)Cn1ccc(=O)[nH]c1=O. The fourth-order valence-corrected chi connectivity index (χ4v) is 2.39. The molecule has 0 aliphatic carbocycles. The van der Waals surface area contributed by atoms with Crippen molar-refractivity contribution < 1.29 is 14.3 Å². The van der Waals surface area contributed by atoms with Crippen LogP contribution >= 0.6 is 11.8 Å². The number of aromatic nitrogens is 2. The van der Waals surface area contributed by atoms with E-state index in [2.05, 4.69) is 5.32 Å². The molecule has 0 saturated carbocycles. The summed E-state index contributed by atoms with van der Waals surface area (Å²) < 4.78 is 5.81. The number of esters is 1. The van der Waals surface area contributed by atoms with Crippen LogP contribution in [0.4, 0.5) is 5.69 Å². The largest absolute Gasteiger partial charge is 0.454 e. The highest BCUT2D eigenvalue weighted by Gasteiger charge is 2.11. The predicted octanol–water partition coefficient (Wildman–Crippen LogP) is 0.440. The number of carbonyl (C=O) groups is 2. The summed E-state index contributed by atoms with van der Waals surface area (Å²) in [5, 5.41) is 2.65. The molecule has 0 bridgehead atoms. The average molecular weight is 349 g/mol. The number of carbonyl (C=O) groups excluding carboxylic acids is 2. The van der Waals surface area contributed by atoms with Crippen LogP contribution in [-0.4, -0.2) is 34.3 Å². The van der Waals surface area contributed by atoms with Gasteiger partial charge in [0.15, 0.2) is 6.61 Å². The molecule has 1 heterocycles. The summed E-state index contributed by atoms with van der Waals surface area (Å²) in [5.41, 5.74) is -0.655. The molecule has 1 amide bonds. The first-order valence-corrected chi connectivity index (χ1v) is 8.10. The number of hydrogen-bond acceptors (Lipinski definition) is 6. The minimum Gasteiger partial charge on any atom is -0.454 e. The molecule has 24 heavy (non-hydrogen) atoms. The van der Waals surface area contributed by atoms with E-state index in [0.717, 1.165) is 15.5 Å². The van der Waals surface area contributed by atoms with Gasteiger partial charge in [0.1, 0.15) is 6.54 Å². The van der Waals surface area contributed by atoms with Crippen LogP contribution < -0.4 is 16.6 Å². The van der Waals surface area contributed by atoms with Crippen molar-refractivity contribution in [2.45, 2.75) is 11.4 Å². The first-order valence-electron chi connectivity index (χ1n) is 6.88. The topological polar surface area (TPSA) is 110 Å². The van der Waals surface area contributed by atoms with Gasteiger partial charge in [0, 0.05) is 17.2 Å². The lowest BCUT2D eigenvalue weighted by Crippen LogP contribution is -2.32. The van der Waals surface area contributed by atoms with E-state index in [1.807, 2.05) is 23.4 Å². The Morgan fingerprint density at radius 3 is 2.71 bits per heavy atom. The van der Waals surface area contributed by atoms with Gasteiger partial charge in [-0.15, -0.1) is 11.8 Å². The molecule has 0 unspecified atom stereocenters. The van der Waals surface area contributed by atoms with Gasteiger partial charge < -0.3 is 10.1 Å². The Bertz CT molecular complexity index is 858. The van der Waals surface area contributed by atoms with E-state index in [-0.39, 0.29) is 0 Å². The number of ether oxygens (including phenoxy) is 1. The molecule has 0 radical (unpaired) electrons. The Hall–Kier alpha value is -2.81. The van der Waals surface area contributed by atoms with Gasteiger partial charge in [0.05, 0.1) is 5.69 Å². The number of H-pyrrole nitrogens is 1. The first kappa shape index (κ1) is 17.5. The van der Waals surface area contributed by atoms with Crippen molar-refractivity contribution in [3.8, 4) is 0 Å². The Morgan fingerprint density at radius 1 is 1.25 bits per heavy atom. The maximum absolute atomic E-state index is 11.8. The number of nitrogens with zero attached hydrogens (tertiary/aromatic N) is 1. The van der Waals surface area contributed by atoms with Gasteiger partial charge in [0.25, 0.3) is 11.5 Å². The lowest BCUT2D eigenvalue weighted by molar-refractivity contribution is -0.148. The normalized spacial score (nSPS) is 10.2. The predicted molar refractivity (Wildman–Crippen MR) is 89.1 cm³/mol. The summed E-state index contributed by atoms with van der Waals surface area (Å²) in [5.74, 6) is -1.25. The van der Waals surface area contributed by atoms with Gasteiger partial charge in [0.2, 0.25) is 0 Å². The van der Waals surface area contributed by atoms with Crippen molar-refractivity contribution in [1.29, 1.82) is 0 Å². The van der Waals surface area contributed by atoms with Crippen molar-refractivity contribution in [2.75, 3.05) is 18.2 Å². The number of nitrogens with one attached hydrogen (secondary N) is 2. The third-order valence-electron chi connectivity index (χ3n) is 2.94. The van der Waals surface area contributed by atoms with Crippen LogP contribution in [0, 0.1) is 0 Å². The zero-order chi connectivity index (χ0) is 17.5. The fourth-order valence-electron chi connectivity index (χ4n) is 1.83. The van der Waals surface area contributed by atoms with E-state index in [9.17, 15) is 19.2 Å². The molecule has 126 valence electrons. The van der Waals surface area contributed by atoms with Crippen LogP contribution in [0.3, 0.4) is 0 Å². The fraction of sp³-hybridized carbons (Fsp3) is 0.200. The summed E-state index contributed by atoms with van der Waals surface area (Å²) >= 11 is 1.48. The third kappa shape index (κ3) is 4.85. The summed E-state index contributed by atoms with van der Waals surface area (Å²) in [6.45, 7) is -0.871. The second-order valence-corrected chi connectivity index (χ2v) is 5.50. The van der Waals surface area contributed by atoms with Crippen molar-refractivity contribution in [1.82, 2.24) is 9.55 Å². The van der Waals surface area contributed by atoms with Crippen LogP contribution in [0.5, 0.6) is 0 Å². The number of aromatic amines is 1. The molecule has 0 spiro atoms. The third-order valence-corrected chi connectivity index (χ3v) is 3.74. The highest BCUT2D eigenvalue weighted by Crippen LogP contribution is 2.24. The maximum Gasteiger partial charge on any atom is 0.328 e. The van der Waals surface area contributed by atoms with Gasteiger partial charge >= 0.3 is 11.7 Å². The molecular formula is C15H15N3O5S. The summed E-state index contributed by atoms with van der Waals surface area (Å²) in [4.78, 5) is 48.8. The second kappa shape index (κ2) is 8.16. The Kier molecular flexibility index (Phi) is 5.96. The van der Waals surface area contributed by atoms with Crippen molar-refractivity contribution in [3.63, 3.8) is 0 Å². The lowest BCUT2D eigenvalue weighted by atomic mass is 10.3. The zero-order valence-electron chi connectivity index (χ0n) is 12.8. The second-order valence-electron chi connectivity index (χ2n) is 4.65. The molecule has 9 heteroatoms.